The molecule has 4 rings (SSSR count). The van der Waals surface area contributed by atoms with Crippen LogP contribution in [0.5, 0.6) is 11.5 Å². The molecule has 1 saturated heterocycles. The fraction of sp³-hybridized carbons (Fsp3) is 0.400. The second kappa shape index (κ2) is 8.82. The van der Waals surface area contributed by atoms with E-state index in [-0.39, 0.29) is 11.8 Å². The highest BCUT2D eigenvalue weighted by Crippen LogP contribution is 2.38. The van der Waals surface area contributed by atoms with Gasteiger partial charge < -0.3 is 19.4 Å². The van der Waals surface area contributed by atoms with Gasteiger partial charge in [0.1, 0.15) is 0 Å². The van der Waals surface area contributed by atoms with Crippen LogP contribution in [0.1, 0.15) is 43.2 Å². The average molecular weight is 407 g/mol. The molecule has 0 saturated carbocycles. The molecule has 5 heteroatoms. The standard InChI is InChI=1S/C25H30N2O3/c1-17-10-12-27(13-11-17)25(28)15-20(18-8-9-23(29-2)24(14-18)30-3)21-16-26-22-7-5-4-6-19(21)22/h4-9,14,16-17,20,26H,10-13,15H2,1-3H3/t20-/m1/s1. The number of carbonyl (C=O) groups is 1. The summed E-state index contributed by atoms with van der Waals surface area (Å²) < 4.78 is 10.9. The van der Waals surface area contributed by atoms with E-state index in [1.54, 1.807) is 14.2 Å². The normalized spacial score (nSPS) is 15.9. The van der Waals surface area contributed by atoms with E-state index in [4.69, 9.17) is 9.47 Å². The van der Waals surface area contributed by atoms with E-state index in [0.29, 0.717) is 23.8 Å². The van der Waals surface area contributed by atoms with E-state index >= 15 is 0 Å². The molecule has 2 heterocycles. The fourth-order valence-electron chi connectivity index (χ4n) is 4.42. The van der Waals surface area contributed by atoms with Gasteiger partial charge in [-0.25, -0.2) is 0 Å². The third kappa shape index (κ3) is 4.02. The van der Waals surface area contributed by atoms with Crippen LogP contribution < -0.4 is 9.47 Å². The van der Waals surface area contributed by atoms with Crippen molar-refractivity contribution in [3.8, 4) is 11.5 Å². The number of likely N-dealkylation sites (tertiary alicyclic amines) is 1. The van der Waals surface area contributed by atoms with Gasteiger partial charge in [0.2, 0.25) is 5.91 Å². The first-order valence-corrected chi connectivity index (χ1v) is 10.7. The molecule has 0 spiro atoms. The Labute approximate surface area is 178 Å². The van der Waals surface area contributed by atoms with Crippen LogP contribution in [0, 0.1) is 5.92 Å². The Balaban J connectivity index is 1.71. The number of H-pyrrole nitrogens is 1. The number of nitrogens with zero attached hydrogens (tertiary/aromatic N) is 1. The predicted octanol–water partition coefficient (Wildman–Crippen LogP) is 4.97. The summed E-state index contributed by atoms with van der Waals surface area (Å²) >= 11 is 0. The Morgan fingerprint density at radius 3 is 2.57 bits per heavy atom. The Morgan fingerprint density at radius 1 is 1.10 bits per heavy atom. The van der Waals surface area contributed by atoms with Crippen LogP contribution in [-0.4, -0.2) is 43.1 Å². The number of ether oxygens (including phenoxy) is 2. The number of aromatic amines is 1. The molecule has 1 aliphatic heterocycles. The lowest BCUT2D eigenvalue weighted by Gasteiger charge is -2.31. The van der Waals surface area contributed by atoms with E-state index in [2.05, 4.69) is 24.0 Å². The number of methoxy groups -OCH3 is 2. The number of aromatic nitrogens is 1. The van der Waals surface area contributed by atoms with Crippen molar-refractivity contribution in [3.05, 3.63) is 59.8 Å². The summed E-state index contributed by atoms with van der Waals surface area (Å²) in [5.74, 6) is 2.22. The molecule has 0 radical (unpaired) electrons. The van der Waals surface area contributed by atoms with E-state index in [9.17, 15) is 4.79 Å². The summed E-state index contributed by atoms with van der Waals surface area (Å²) in [5, 5.41) is 1.15. The number of fused-ring (bicyclic) bond motifs is 1. The minimum Gasteiger partial charge on any atom is -0.493 e. The van der Waals surface area contributed by atoms with Crippen LogP contribution in [0.3, 0.4) is 0 Å². The van der Waals surface area contributed by atoms with Crippen molar-refractivity contribution in [2.45, 2.75) is 32.1 Å². The van der Waals surface area contributed by atoms with Crippen LogP contribution in [-0.2, 0) is 4.79 Å². The molecular formula is C25H30N2O3. The number of hydrogen-bond acceptors (Lipinski definition) is 3. The van der Waals surface area contributed by atoms with Crippen molar-refractivity contribution >= 4 is 16.8 Å². The molecule has 30 heavy (non-hydrogen) atoms. The highest BCUT2D eigenvalue weighted by Gasteiger charge is 2.27. The Morgan fingerprint density at radius 2 is 1.83 bits per heavy atom. The zero-order chi connectivity index (χ0) is 21.1. The molecular weight excluding hydrogens is 376 g/mol. The summed E-state index contributed by atoms with van der Waals surface area (Å²) in [7, 11) is 3.28. The van der Waals surface area contributed by atoms with Gasteiger partial charge in [-0.1, -0.05) is 31.2 Å². The quantitative estimate of drug-likeness (QED) is 0.629. The topological polar surface area (TPSA) is 54.6 Å². The monoisotopic (exact) mass is 406 g/mol. The molecule has 0 unspecified atom stereocenters. The molecule has 1 amide bonds. The van der Waals surface area contributed by atoms with Crippen LogP contribution >= 0.6 is 0 Å². The zero-order valence-electron chi connectivity index (χ0n) is 18.0. The van der Waals surface area contributed by atoms with Crippen LogP contribution in [0.25, 0.3) is 10.9 Å². The Bertz CT molecular complexity index is 1020. The molecule has 0 aliphatic carbocycles. The predicted molar refractivity (Wildman–Crippen MR) is 119 cm³/mol. The SMILES string of the molecule is COc1ccc([C@@H](CC(=O)N2CCC(C)CC2)c2c[nH]c3ccccc23)cc1OC. The Hall–Kier alpha value is -2.95. The van der Waals surface area contributed by atoms with Crippen molar-refractivity contribution < 1.29 is 14.3 Å². The van der Waals surface area contributed by atoms with Gasteiger partial charge in [0.25, 0.3) is 0 Å². The van der Waals surface area contributed by atoms with Gasteiger partial charge in [0.15, 0.2) is 11.5 Å². The molecule has 1 N–H and O–H groups in total. The number of carbonyl (C=O) groups excluding carboxylic acids is 1. The lowest BCUT2D eigenvalue weighted by Crippen LogP contribution is -2.38. The number of piperidine rings is 1. The number of para-hydroxylation sites is 1. The first-order chi connectivity index (χ1) is 14.6. The van der Waals surface area contributed by atoms with Gasteiger partial charge in [-0.3, -0.25) is 4.79 Å². The number of rotatable bonds is 6. The van der Waals surface area contributed by atoms with Gasteiger partial charge in [0.05, 0.1) is 14.2 Å². The molecule has 5 nitrogen and oxygen atoms in total. The molecule has 1 fully saturated rings. The molecule has 1 aromatic heterocycles. The highest BCUT2D eigenvalue weighted by molar-refractivity contribution is 5.86. The zero-order valence-corrected chi connectivity index (χ0v) is 18.0. The largest absolute Gasteiger partial charge is 0.493 e. The molecule has 1 aliphatic rings. The number of hydrogen-bond donors (Lipinski definition) is 1. The minimum atomic E-state index is -0.0622. The van der Waals surface area contributed by atoms with Gasteiger partial charge in [0, 0.05) is 42.5 Å². The van der Waals surface area contributed by atoms with Crippen molar-refractivity contribution in [1.29, 1.82) is 0 Å². The summed E-state index contributed by atoms with van der Waals surface area (Å²) in [4.78, 5) is 18.7. The van der Waals surface area contributed by atoms with E-state index in [1.807, 2.05) is 41.4 Å². The van der Waals surface area contributed by atoms with Gasteiger partial charge in [-0.15, -0.1) is 0 Å². The third-order valence-electron chi connectivity index (χ3n) is 6.32. The van der Waals surface area contributed by atoms with Gasteiger partial charge in [-0.2, -0.15) is 0 Å². The van der Waals surface area contributed by atoms with Crippen molar-refractivity contribution in [2.75, 3.05) is 27.3 Å². The lowest BCUT2D eigenvalue weighted by atomic mass is 9.87. The van der Waals surface area contributed by atoms with Crippen molar-refractivity contribution in [3.63, 3.8) is 0 Å². The fourth-order valence-corrected chi connectivity index (χ4v) is 4.42. The third-order valence-corrected chi connectivity index (χ3v) is 6.32. The maximum atomic E-state index is 13.3. The Kier molecular flexibility index (Phi) is 5.98. The average Bonchev–Trinajstić information content (AvgIpc) is 3.21. The van der Waals surface area contributed by atoms with Gasteiger partial charge >= 0.3 is 0 Å². The molecule has 3 aromatic rings. The number of benzene rings is 2. The molecule has 158 valence electrons. The van der Waals surface area contributed by atoms with Crippen LogP contribution in [0.15, 0.2) is 48.7 Å². The summed E-state index contributed by atoms with van der Waals surface area (Å²) in [6.45, 7) is 3.97. The maximum absolute atomic E-state index is 13.3. The lowest BCUT2D eigenvalue weighted by molar-refractivity contribution is -0.132. The van der Waals surface area contributed by atoms with Crippen LogP contribution in [0.4, 0.5) is 0 Å². The summed E-state index contributed by atoms with van der Waals surface area (Å²) in [6.07, 6.45) is 4.64. The maximum Gasteiger partial charge on any atom is 0.223 e. The highest BCUT2D eigenvalue weighted by atomic mass is 16.5. The van der Waals surface area contributed by atoms with E-state index < -0.39 is 0 Å². The molecule has 1 atom stereocenters. The molecule has 0 bridgehead atoms. The second-order valence-electron chi connectivity index (χ2n) is 8.22. The minimum absolute atomic E-state index is 0.0622. The van der Waals surface area contributed by atoms with Crippen LogP contribution in [0.2, 0.25) is 0 Å². The van der Waals surface area contributed by atoms with Crippen molar-refractivity contribution in [1.82, 2.24) is 9.88 Å². The molecule has 2 aromatic carbocycles. The van der Waals surface area contributed by atoms with E-state index in [1.165, 1.54) is 0 Å². The second-order valence-corrected chi connectivity index (χ2v) is 8.22. The number of amides is 1. The summed E-state index contributed by atoms with van der Waals surface area (Å²) in [5.41, 5.74) is 3.27. The van der Waals surface area contributed by atoms with Gasteiger partial charge in [-0.05, 0) is 48.1 Å². The first-order valence-electron chi connectivity index (χ1n) is 10.7. The number of nitrogens with one attached hydrogen (secondary N) is 1. The smallest absolute Gasteiger partial charge is 0.223 e. The summed E-state index contributed by atoms with van der Waals surface area (Å²) in [6, 6.07) is 14.2. The van der Waals surface area contributed by atoms with Crippen molar-refractivity contribution in [2.24, 2.45) is 5.92 Å². The van der Waals surface area contributed by atoms with E-state index in [0.717, 1.165) is 48.0 Å². The first kappa shape index (κ1) is 20.3.